The molecule has 1 aliphatic heterocycles. The smallest absolute Gasteiger partial charge is 0.319 e. The summed E-state index contributed by atoms with van der Waals surface area (Å²) in [6.45, 7) is 4.29. The molecule has 0 aromatic carbocycles. The SMILES string of the molecule is CCNC(=NCc1nccn1C(F)F)NCCN1CCCCC1.I. The molecule has 0 aliphatic carbocycles. The van der Waals surface area contributed by atoms with Gasteiger partial charge in [-0.1, -0.05) is 6.42 Å². The molecular weight excluding hydrogens is 429 g/mol. The summed E-state index contributed by atoms with van der Waals surface area (Å²) in [5.74, 6) is 0.890. The zero-order valence-electron chi connectivity index (χ0n) is 14.0. The molecule has 24 heavy (non-hydrogen) atoms. The maximum absolute atomic E-state index is 12.8. The van der Waals surface area contributed by atoms with Crippen molar-refractivity contribution in [2.24, 2.45) is 4.99 Å². The molecule has 9 heteroatoms. The molecule has 1 aromatic heterocycles. The molecule has 6 nitrogen and oxygen atoms in total. The van der Waals surface area contributed by atoms with Crippen molar-refractivity contribution >= 4 is 29.9 Å². The van der Waals surface area contributed by atoms with E-state index in [0.29, 0.717) is 5.96 Å². The van der Waals surface area contributed by atoms with E-state index in [2.05, 4.69) is 25.5 Å². The number of likely N-dealkylation sites (tertiary alicyclic amines) is 1. The zero-order valence-corrected chi connectivity index (χ0v) is 16.4. The molecule has 0 saturated carbocycles. The number of guanidine groups is 1. The lowest BCUT2D eigenvalue weighted by molar-refractivity contribution is 0.0671. The van der Waals surface area contributed by atoms with E-state index in [4.69, 9.17) is 0 Å². The van der Waals surface area contributed by atoms with Gasteiger partial charge in [0.25, 0.3) is 0 Å². The molecule has 1 aliphatic rings. The van der Waals surface area contributed by atoms with Crippen LogP contribution in [0.25, 0.3) is 0 Å². The average Bonchev–Trinajstić information content (AvgIpc) is 3.02. The van der Waals surface area contributed by atoms with E-state index in [-0.39, 0.29) is 36.3 Å². The molecule has 0 amide bonds. The van der Waals surface area contributed by atoms with Crippen molar-refractivity contribution in [1.82, 2.24) is 25.1 Å². The van der Waals surface area contributed by atoms with Crippen LogP contribution in [0.3, 0.4) is 0 Å². The number of aromatic nitrogens is 2. The highest BCUT2D eigenvalue weighted by Crippen LogP contribution is 2.12. The van der Waals surface area contributed by atoms with Crippen LogP contribution in [-0.4, -0.2) is 53.1 Å². The van der Waals surface area contributed by atoms with Crippen LogP contribution in [0.1, 0.15) is 38.6 Å². The minimum absolute atomic E-state index is 0. The Kier molecular flexibility index (Phi) is 10.2. The minimum Gasteiger partial charge on any atom is -0.357 e. The molecule has 0 radical (unpaired) electrons. The molecule has 1 fully saturated rings. The molecule has 2 N–H and O–H groups in total. The number of rotatable bonds is 7. The summed E-state index contributed by atoms with van der Waals surface area (Å²) in [6.07, 6.45) is 6.50. The summed E-state index contributed by atoms with van der Waals surface area (Å²) in [5.41, 5.74) is 0. The molecular formula is C15H27F2IN6. The molecule has 1 aromatic rings. The molecule has 0 atom stereocenters. The van der Waals surface area contributed by atoms with E-state index in [9.17, 15) is 8.78 Å². The number of nitrogens with zero attached hydrogens (tertiary/aromatic N) is 4. The fourth-order valence-corrected chi connectivity index (χ4v) is 2.65. The molecule has 0 spiro atoms. The second-order valence-corrected chi connectivity index (χ2v) is 5.55. The number of hydrogen-bond acceptors (Lipinski definition) is 3. The monoisotopic (exact) mass is 456 g/mol. The highest BCUT2D eigenvalue weighted by Gasteiger charge is 2.11. The highest BCUT2D eigenvalue weighted by molar-refractivity contribution is 14.0. The van der Waals surface area contributed by atoms with Crippen LogP contribution in [0.4, 0.5) is 8.78 Å². The number of nitrogens with one attached hydrogen (secondary N) is 2. The summed E-state index contributed by atoms with van der Waals surface area (Å²) >= 11 is 0. The number of imidazole rings is 1. The number of hydrogen-bond donors (Lipinski definition) is 2. The Hall–Kier alpha value is -0.970. The van der Waals surface area contributed by atoms with Crippen molar-refractivity contribution in [2.75, 3.05) is 32.7 Å². The van der Waals surface area contributed by atoms with Gasteiger partial charge < -0.3 is 15.5 Å². The largest absolute Gasteiger partial charge is 0.357 e. The Morgan fingerprint density at radius 3 is 2.71 bits per heavy atom. The summed E-state index contributed by atoms with van der Waals surface area (Å²) < 4.78 is 26.4. The standard InChI is InChI=1S/C15H26F2N6.HI/c1-2-18-15(20-6-10-22-8-4-3-5-9-22)21-12-13-19-7-11-23(13)14(16)17;/h7,11,14H,2-6,8-10,12H2,1H3,(H2,18,20,21);1H. The Labute approximate surface area is 159 Å². The number of halogens is 3. The van der Waals surface area contributed by atoms with Crippen LogP contribution in [0.5, 0.6) is 0 Å². The van der Waals surface area contributed by atoms with Crippen molar-refractivity contribution in [2.45, 2.75) is 39.3 Å². The van der Waals surface area contributed by atoms with Crippen molar-refractivity contribution in [3.8, 4) is 0 Å². The Bertz CT molecular complexity index is 488. The van der Waals surface area contributed by atoms with E-state index in [1.807, 2.05) is 6.92 Å². The van der Waals surface area contributed by atoms with Gasteiger partial charge in [0.2, 0.25) is 0 Å². The van der Waals surface area contributed by atoms with Crippen LogP contribution in [-0.2, 0) is 6.54 Å². The second kappa shape index (κ2) is 11.6. The third-order valence-electron chi connectivity index (χ3n) is 3.85. The van der Waals surface area contributed by atoms with E-state index >= 15 is 0 Å². The van der Waals surface area contributed by atoms with Gasteiger partial charge in [0.1, 0.15) is 12.4 Å². The molecule has 2 heterocycles. The maximum Gasteiger partial charge on any atom is 0.319 e. The highest BCUT2D eigenvalue weighted by atomic mass is 127. The van der Waals surface area contributed by atoms with Gasteiger partial charge in [-0.2, -0.15) is 8.78 Å². The van der Waals surface area contributed by atoms with Crippen LogP contribution < -0.4 is 10.6 Å². The van der Waals surface area contributed by atoms with Crippen LogP contribution in [0.2, 0.25) is 0 Å². The van der Waals surface area contributed by atoms with Gasteiger partial charge in [0, 0.05) is 32.0 Å². The molecule has 2 rings (SSSR count). The van der Waals surface area contributed by atoms with E-state index in [1.54, 1.807) is 0 Å². The van der Waals surface area contributed by atoms with Crippen molar-refractivity contribution < 1.29 is 8.78 Å². The normalized spacial score (nSPS) is 16.1. The van der Waals surface area contributed by atoms with Crippen molar-refractivity contribution in [3.63, 3.8) is 0 Å². The molecule has 0 unspecified atom stereocenters. The average molecular weight is 456 g/mol. The molecule has 0 bridgehead atoms. The van der Waals surface area contributed by atoms with Gasteiger partial charge >= 0.3 is 6.55 Å². The zero-order chi connectivity index (χ0) is 16.5. The fourth-order valence-electron chi connectivity index (χ4n) is 2.65. The number of piperidine rings is 1. The van der Waals surface area contributed by atoms with E-state index < -0.39 is 6.55 Å². The third kappa shape index (κ3) is 6.88. The predicted octanol–water partition coefficient (Wildman–Crippen LogP) is 2.44. The van der Waals surface area contributed by atoms with Gasteiger partial charge in [-0.05, 0) is 32.9 Å². The van der Waals surface area contributed by atoms with Crippen molar-refractivity contribution in [3.05, 3.63) is 18.2 Å². The topological polar surface area (TPSA) is 57.5 Å². The molecule has 138 valence electrons. The van der Waals surface area contributed by atoms with E-state index in [0.717, 1.165) is 37.3 Å². The van der Waals surface area contributed by atoms with Crippen molar-refractivity contribution in [1.29, 1.82) is 0 Å². The summed E-state index contributed by atoms with van der Waals surface area (Å²) in [7, 11) is 0. The van der Waals surface area contributed by atoms with Gasteiger partial charge in [-0.15, -0.1) is 24.0 Å². The number of alkyl halides is 2. The lowest BCUT2D eigenvalue weighted by Crippen LogP contribution is -2.42. The fraction of sp³-hybridized carbons (Fsp3) is 0.733. The minimum atomic E-state index is -2.59. The Balaban J connectivity index is 0.00000288. The second-order valence-electron chi connectivity index (χ2n) is 5.55. The van der Waals surface area contributed by atoms with Gasteiger partial charge in [-0.3, -0.25) is 4.57 Å². The quantitative estimate of drug-likeness (QED) is 0.376. The van der Waals surface area contributed by atoms with E-state index in [1.165, 1.54) is 31.7 Å². The van der Waals surface area contributed by atoms with Crippen LogP contribution in [0.15, 0.2) is 17.4 Å². The summed E-state index contributed by atoms with van der Waals surface area (Å²) in [5, 5.41) is 6.38. The predicted molar refractivity (Wildman–Crippen MR) is 102 cm³/mol. The first-order chi connectivity index (χ1) is 11.2. The first kappa shape index (κ1) is 21.1. The maximum atomic E-state index is 12.8. The Morgan fingerprint density at radius 2 is 2.04 bits per heavy atom. The first-order valence-corrected chi connectivity index (χ1v) is 8.25. The summed E-state index contributed by atoms with van der Waals surface area (Å²) in [4.78, 5) is 10.7. The lowest BCUT2D eigenvalue weighted by Gasteiger charge is -2.26. The number of aliphatic imine (C=N–C) groups is 1. The molecule has 1 saturated heterocycles. The Morgan fingerprint density at radius 1 is 1.29 bits per heavy atom. The third-order valence-corrected chi connectivity index (χ3v) is 3.85. The summed E-state index contributed by atoms with van der Waals surface area (Å²) in [6, 6.07) is 0. The van der Waals surface area contributed by atoms with Gasteiger partial charge in [0.05, 0.1) is 0 Å². The van der Waals surface area contributed by atoms with Gasteiger partial charge in [-0.25, -0.2) is 9.98 Å². The van der Waals surface area contributed by atoms with Crippen LogP contribution in [0, 0.1) is 0 Å². The lowest BCUT2D eigenvalue weighted by atomic mass is 10.1. The van der Waals surface area contributed by atoms with Crippen LogP contribution >= 0.6 is 24.0 Å². The first-order valence-electron chi connectivity index (χ1n) is 8.25. The van der Waals surface area contributed by atoms with Gasteiger partial charge in [0.15, 0.2) is 5.96 Å².